The summed E-state index contributed by atoms with van der Waals surface area (Å²) in [4.78, 5) is 0. The number of hydrogen-bond acceptors (Lipinski definition) is 1. The van der Waals surface area contributed by atoms with Crippen LogP contribution in [0.1, 0.15) is 56.6 Å². The van der Waals surface area contributed by atoms with E-state index in [1.807, 2.05) is 0 Å². The molecule has 18 heavy (non-hydrogen) atoms. The van der Waals surface area contributed by atoms with Crippen LogP contribution in [0.4, 0.5) is 0 Å². The van der Waals surface area contributed by atoms with Crippen molar-refractivity contribution < 1.29 is 0 Å². The van der Waals surface area contributed by atoms with E-state index in [4.69, 9.17) is 0 Å². The van der Waals surface area contributed by atoms with Crippen molar-refractivity contribution in [2.45, 2.75) is 58.9 Å². The predicted octanol–water partition coefficient (Wildman–Crippen LogP) is 4.87. The minimum atomic E-state index is 0. The van der Waals surface area contributed by atoms with Gasteiger partial charge in [0.25, 0.3) is 0 Å². The second-order valence-electron chi connectivity index (χ2n) is 4.87. The Morgan fingerprint density at radius 1 is 0.944 bits per heavy atom. The minimum absolute atomic E-state index is 0. The van der Waals surface area contributed by atoms with Gasteiger partial charge in [-0.2, -0.15) is 0 Å². The third-order valence-electron chi connectivity index (χ3n) is 3.28. The molecule has 0 radical (unpaired) electrons. The third-order valence-corrected chi connectivity index (χ3v) is 3.28. The van der Waals surface area contributed by atoms with E-state index in [9.17, 15) is 0 Å². The maximum absolute atomic E-state index is 3.53. The van der Waals surface area contributed by atoms with Crippen molar-refractivity contribution in [3.63, 3.8) is 0 Å². The van der Waals surface area contributed by atoms with Crippen LogP contribution in [0.15, 0.2) is 24.3 Å². The minimum Gasteiger partial charge on any atom is -0.313 e. The summed E-state index contributed by atoms with van der Waals surface area (Å²) < 4.78 is 0. The highest BCUT2D eigenvalue weighted by molar-refractivity contribution is 5.85. The molecule has 1 rings (SSSR count). The first-order chi connectivity index (χ1) is 8.34. The van der Waals surface area contributed by atoms with E-state index in [1.54, 1.807) is 0 Å². The van der Waals surface area contributed by atoms with Crippen LogP contribution in [0.2, 0.25) is 0 Å². The fraction of sp³-hybridized carbons (Fsp3) is 0.625. The lowest BCUT2D eigenvalue weighted by atomic mass is 10.1. The fourth-order valence-electron chi connectivity index (χ4n) is 2.06. The quantitative estimate of drug-likeness (QED) is 0.631. The SMILES string of the molecule is CCCCCCCCNCc1ccccc1C.Cl. The Morgan fingerprint density at radius 2 is 1.61 bits per heavy atom. The largest absolute Gasteiger partial charge is 0.313 e. The van der Waals surface area contributed by atoms with Gasteiger partial charge in [0.15, 0.2) is 0 Å². The molecule has 0 amide bonds. The van der Waals surface area contributed by atoms with Crippen LogP contribution < -0.4 is 5.32 Å². The van der Waals surface area contributed by atoms with Crippen molar-refractivity contribution >= 4 is 12.4 Å². The van der Waals surface area contributed by atoms with E-state index in [1.165, 1.54) is 49.7 Å². The van der Waals surface area contributed by atoms with Gasteiger partial charge in [0, 0.05) is 6.54 Å². The van der Waals surface area contributed by atoms with Gasteiger partial charge in [-0.15, -0.1) is 12.4 Å². The van der Waals surface area contributed by atoms with Gasteiger partial charge in [-0.25, -0.2) is 0 Å². The van der Waals surface area contributed by atoms with E-state index < -0.39 is 0 Å². The summed E-state index contributed by atoms with van der Waals surface area (Å²) in [5.41, 5.74) is 2.82. The molecule has 2 heteroatoms. The molecule has 0 aliphatic rings. The fourth-order valence-corrected chi connectivity index (χ4v) is 2.06. The molecule has 0 aliphatic heterocycles. The highest BCUT2D eigenvalue weighted by Gasteiger charge is 1.95. The van der Waals surface area contributed by atoms with Crippen molar-refractivity contribution in [1.29, 1.82) is 0 Å². The molecule has 1 aromatic carbocycles. The average Bonchev–Trinajstić information content (AvgIpc) is 2.35. The Morgan fingerprint density at radius 3 is 2.33 bits per heavy atom. The third kappa shape index (κ3) is 7.73. The molecule has 0 unspecified atom stereocenters. The number of benzene rings is 1. The van der Waals surface area contributed by atoms with Crippen molar-refractivity contribution in [2.24, 2.45) is 0 Å². The lowest BCUT2D eigenvalue weighted by Crippen LogP contribution is -2.15. The van der Waals surface area contributed by atoms with Crippen LogP contribution in [-0.4, -0.2) is 6.54 Å². The smallest absolute Gasteiger partial charge is 0.0208 e. The molecule has 0 aromatic heterocycles. The lowest BCUT2D eigenvalue weighted by Gasteiger charge is -2.07. The molecule has 0 aliphatic carbocycles. The maximum Gasteiger partial charge on any atom is 0.0208 e. The normalized spacial score (nSPS) is 10.1. The number of unbranched alkanes of at least 4 members (excludes halogenated alkanes) is 5. The van der Waals surface area contributed by atoms with Crippen LogP contribution in [-0.2, 0) is 6.54 Å². The first-order valence-corrected chi connectivity index (χ1v) is 7.10. The second kappa shape index (κ2) is 11.6. The Balaban J connectivity index is 0.00000289. The molecular formula is C16H28ClN. The average molecular weight is 270 g/mol. The predicted molar refractivity (Wildman–Crippen MR) is 83.5 cm³/mol. The molecule has 0 saturated heterocycles. The van der Waals surface area contributed by atoms with Crippen LogP contribution >= 0.6 is 12.4 Å². The number of halogens is 1. The first kappa shape index (κ1) is 17.5. The Hall–Kier alpha value is -0.530. The highest BCUT2D eigenvalue weighted by Crippen LogP contribution is 2.07. The molecule has 1 aromatic rings. The van der Waals surface area contributed by atoms with Crippen LogP contribution in [0.3, 0.4) is 0 Å². The van der Waals surface area contributed by atoms with Gasteiger partial charge >= 0.3 is 0 Å². The standard InChI is InChI=1S/C16H27N.ClH/c1-3-4-5-6-7-10-13-17-14-16-12-9-8-11-15(16)2;/h8-9,11-12,17H,3-7,10,13-14H2,1-2H3;1H. The van der Waals surface area contributed by atoms with Crippen molar-refractivity contribution in [2.75, 3.05) is 6.54 Å². The van der Waals surface area contributed by atoms with E-state index in [0.29, 0.717) is 0 Å². The molecule has 0 spiro atoms. The van der Waals surface area contributed by atoms with E-state index in [0.717, 1.165) is 13.1 Å². The van der Waals surface area contributed by atoms with E-state index in [-0.39, 0.29) is 12.4 Å². The maximum atomic E-state index is 3.53. The summed E-state index contributed by atoms with van der Waals surface area (Å²) in [5.74, 6) is 0. The molecule has 0 heterocycles. The Bertz CT molecular complexity index is 299. The van der Waals surface area contributed by atoms with Gasteiger partial charge in [-0.1, -0.05) is 63.3 Å². The Labute approximate surface area is 119 Å². The number of aryl methyl sites for hydroxylation is 1. The second-order valence-corrected chi connectivity index (χ2v) is 4.87. The highest BCUT2D eigenvalue weighted by atomic mass is 35.5. The zero-order valence-electron chi connectivity index (χ0n) is 11.9. The van der Waals surface area contributed by atoms with Gasteiger partial charge in [-0.3, -0.25) is 0 Å². The van der Waals surface area contributed by atoms with E-state index >= 15 is 0 Å². The summed E-state index contributed by atoms with van der Waals surface area (Å²) >= 11 is 0. The summed E-state index contributed by atoms with van der Waals surface area (Å²) in [7, 11) is 0. The van der Waals surface area contributed by atoms with Gasteiger partial charge in [0.1, 0.15) is 0 Å². The summed E-state index contributed by atoms with van der Waals surface area (Å²) in [6.45, 7) is 6.62. The summed E-state index contributed by atoms with van der Waals surface area (Å²) in [5, 5.41) is 3.53. The van der Waals surface area contributed by atoms with Gasteiger partial charge < -0.3 is 5.32 Å². The van der Waals surface area contributed by atoms with E-state index in [2.05, 4.69) is 43.4 Å². The van der Waals surface area contributed by atoms with Crippen molar-refractivity contribution in [3.8, 4) is 0 Å². The molecule has 1 nitrogen and oxygen atoms in total. The van der Waals surface area contributed by atoms with Crippen LogP contribution in [0.25, 0.3) is 0 Å². The molecule has 0 fully saturated rings. The number of hydrogen-bond donors (Lipinski definition) is 1. The number of nitrogens with one attached hydrogen (secondary N) is 1. The summed E-state index contributed by atoms with van der Waals surface area (Å²) in [6.07, 6.45) is 8.24. The lowest BCUT2D eigenvalue weighted by molar-refractivity contribution is 0.571. The zero-order chi connectivity index (χ0) is 12.3. The zero-order valence-corrected chi connectivity index (χ0v) is 12.7. The van der Waals surface area contributed by atoms with Gasteiger partial charge in [0.05, 0.1) is 0 Å². The molecule has 1 N–H and O–H groups in total. The Kier molecular flexibility index (Phi) is 11.2. The number of rotatable bonds is 9. The topological polar surface area (TPSA) is 12.0 Å². The summed E-state index contributed by atoms with van der Waals surface area (Å²) in [6, 6.07) is 8.62. The van der Waals surface area contributed by atoms with Crippen molar-refractivity contribution in [1.82, 2.24) is 5.32 Å². The molecule has 0 saturated carbocycles. The molecule has 0 bridgehead atoms. The molecule has 0 atom stereocenters. The van der Waals surface area contributed by atoms with Gasteiger partial charge in [-0.05, 0) is 31.0 Å². The molecular weight excluding hydrogens is 242 g/mol. The molecule has 104 valence electrons. The first-order valence-electron chi connectivity index (χ1n) is 7.10. The van der Waals surface area contributed by atoms with Crippen molar-refractivity contribution in [3.05, 3.63) is 35.4 Å². The van der Waals surface area contributed by atoms with Crippen LogP contribution in [0.5, 0.6) is 0 Å². The van der Waals surface area contributed by atoms with Gasteiger partial charge in [0.2, 0.25) is 0 Å². The monoisotopic (exact) mass is 269 g/mol. The van der Waals surface area contributed by atoms with Crippen LogP contribution in [0, 0.1) is 6.92 Å².